The van der Waals surface area contributed by atoms with Crippen LogP contribution in [0.4, 0.5) is 0 Å². The van der Waals surface area contributed by atoms with Crippen LogP contribution in [0.2, 0.25) is 5.15 Å². The first-order valence-electron chi connectivity index (χ1n) is 3.65. The Balaban J connectivity index is 2.64. The van der Waals surface area contributed by atoms with Gasteiger partial charge in [-0.1, -0.05) is 11.6 Å². The number of fused-ring (bicyclic) bond motifs is 1. The highest BCUT2D eigenvalue weighted by atomic mass is 35.5. The Morgan fingerprint density at radius 2 is 2.31 bits per heavy atom. The Hall–Kier alpha value is -0.810. The van der Waals surface area contributed by atoms with Gasteiger partial charge in [-0.15, -0.1) is 10.2 Å². The zero-order chi connectivity index (χ0) is 9.26. The molecule has 0 unspecified atom stereocenters. The van der Waals surface area contributed by atoms with Crippen LogP contribution in [-0.4, -0.2) is 25.8 Å². The first kappa shape index (κ1) is 8.77. The topological polar surface area (TPSA) is 43.1 Å². The van der Waals surface area contributed by atoms with E-state index in [4.69, 9.17) is 11.6 Å². The summed E-state index contributed by atoms with van der Waals surface area (Å²) in [6, 6.07) is 0. The second kappa shape index (κ2) is 3.51. The fourth-order valence-corrected chi connectivity index (χ4v) is 1.78. The summed E-state index contributed by atoms with van der Waals surface area (Å²) in [5.41, 5.74) is 0.691. The van der Waals surface area contributed by atoms with Crippen molar-refractivity contribution < 1.29 is 0 Å². The minimum atomic E-state index is 0.548. The molecule has 0 fully saturated rings. The SMILES string of the molecule is CSCc1nnc2cncc(Cl)n12. The van der Waals surface area contributed by atoms with Crippen molar-refractivity contribution in [2.24, 2.45) is 0 Å². The van der Waals surface area contributed by atoms with Crippen LogP contribution in [0.15, 0.2) is 12.4 Å². The molecule has 6 heteroatoms. The van der Waals surface area contributed by atoms with E-state index >= 15 is 0 Å². The van der Waals surface area contributed by atoms with Crippen LogP contribution >= 0.6 is 23.4 Å². The van der Waals surface area contributed by atoms with Gasteiger partial charge in [0.15, 0.2) is 5.65 Å². The molecule has 0 spiro atoms. The van der Waals surface area contributed by atoms with Gasteiger partial charge in [0.2, 0.25) is 0 Å². The summed E-state index contributed by atoms with van der Waals surface area (Å²) in [5.74, 6) is 1.65. The zero-order valence-electron chi connectivity index (χ0n) is 6.94. The second-order valence-corrected chi connectivity index (χ2v) is 3.73. The summed E-state index contributed by atoms with van der Waals surface area (Å²) in [6.07, 6.45) is 5.24. The lowest BCUT2D eigenvalue weighted by atomic mass is 10.6. The largest absolute Gasteiger partial charge is 0.266 e. The average Bonchev–Trinajstić information content (AvgIpc) is 2.51. The van der Waals surface area contributed by atoms with E-state index < -0.39 is 0 Å². The van der Waals surface area contributed by atoms with Crippen LogP contribution in [0.5, 0.6) is 0 Å². The maximum Gasteiger partial charge on any atom is 0.180 e. The maximum atomic E-state index is 5.95. The molecule has 0 aliphatic heterocycles. The number of thioether (sulfide) groups is 1. The fourth-order valence-electron chi connectivity index (χ4n) is 1.09. The quantitative estimate of drug-likeness (QED) is 0.763. The first-order valence-corrected chi connectivity index (χ1v) is 5.42. The van der Waals surface area contributed by atoms with Crippen LogP contribution in [0.25, 0.3) is 5.65 Å². The van der Waals surface area contributed by atoms with Gasteiger partial charge >= 0.3 is 0 Å². The normalized spacial score (nSPS) is 10.9. The van der Waals surface area contributed by atoms with Crippen molar-refractivity contribution >= 4 is 29.0 Å². The Kier molecular flexibility index (Phi) is 2.37. The summed E-state index contributed by atoms with van der Waals surface area (Å²) in [4.78, 5) is 3.92. The minimum Gasteiger partial charge on any atom is -0.266 e. The standard InChI is InChI=1S/C7H7ClN4S/c1-13-4-7-11-10-6-3-9-2-5(8)12(6)7/h2-3H,4H2,1H3. The molecule has 2 aromatic heterocycles. The highest BCUT2D eigenvalue weighted by molar-refractivity contribution is 7.97. The molecular formula is C7H7ClN4S. The number of hydrogen-bond acceptors (Lipinski definition) is 4. The van der Waals surface area contributed by atoms with E-state index in [1.807, 2.05) is 6.26 Å². The van der Waals surface area contributed by atoms with Gasteiger partial charge in [0.05, 0.1) is 18.1 Å². The van der Waals surface area contributed by atoms with Gasteiger partial charge in [-0.3, -0.25) is 9.38 Å². The number of nitrogens with zero attached hydrogens (tertiary/aromatic N) is 4. The number of rotatable bonds is 2. The van der Waals surface area contributed by atoms with E-state index in [0.29, 0.717) is 10.8 Å². The molecule has 2 aromatic rings. The number of aromatic nitrogens is 4. The molecule has 0 aliphatic carbocycles. The van der Waals surface area contributed by atoms with Crippen LogP contribution in [-0.2, 0) is 5.75 Å². The zero-order valence-corrected chi connectivity index (χ0v) is 8.51. The molecule has 0 atom stereocenters. The predicted octanol–water partition coefficient (Wildman–Crippen LogP) is 1.64. The van der Waals surface area contributed by atoms with E-state index in [-0.39, 0.29) is 0 Å². The van der Waals surface area contributed by atoms with Gasteiger partial charge in [0.25, 0.3) is 0 Å². The molecule has 68 valence electrons. The number of halogens is 1. The van der Waals surface area contributed by atoms with Gasteiger partial charge in [-0.05, 0) is 6.26 Å². The third kappa shape index (κ3) is 1.49. The van der Waals surface area contributed by atoms with Crippen molar-refractivity contribution in [1.29, 1.82) is 0 Å². The molecule has 0 bridgehead atoms. The summed E-state index contributed by atoms with van der Waals surface area (Å²) in [6.45, 7) is 0. The van der Waals surface area contributed by atoms with Crippen LogP contribution < -0.4 is 0 Å². The summed E-state index contributed by atoms with van der Waals surface area (Å²) < 4.78 is 1.80. The summed E-state index contributed by atoms with van der Waals surface area (Å²) in [7, 11) is 0. The van der Waals surface area contributed by atoms with E-state index in [0.717, 1.165) is 11.6 Å². The van der Waals surface area contributed by atoms with Crippen LogP contribution in [0.1, 0.15) is 5.82 Å². The fraction of sp³-hybridized carbons (Fsp3) is 0.286. The lowest BCUT2D eigenvalue weighted by Crippen LogP contribution is -1.94. The molecular weight excluding hydrogens is 208 g/mol. The molecule has 0 radical (unpaired) electrons. The van der Waals surface area contributed by atoms with Crippen molar-refractivity contribution in [3.63, 3.8) is 0 Å². The summed E-state index contributed by atoms with van der Waals surface area (Å²) >= 11 is 7.63. The molecule has 0 N–H and O–H groups in total. The first-order chi connectivity index (χ1) is 6.33. The molecule has 4 nitrogen and oxygen atoms in total. The highest BCUT2D eigenvalue weighted by Gasteiger charge is 2.06. The second-order valence-electron chi connectivity index (χ2n) is 2.47. The predicted molar refractivity (Wildman–Crippen MR) is 53.0 cm³/mol. The van der Waals surface area contributed by atoms with Crippen LogP contribution in [0.3, 0.4) is 0 Å². The van der Waals surface area contributed by atoms with Crippen molar-refractivity contribution in [2.45, 2.75) is 5.75 Å². The Morgan fingerprint density at radius 3 is 3.08 bits per heavy atom. The Bertz CT molecular complexity index is 427. The van der Waals surface area contributed by atoms with E-state index in [1.165, 1.54) is 0 Å². The van der Waals surface area contributed by atoms with E-state index in [9.17, 15) is 0 Å². The molecule has 0 aliphatic rings. The smallest absolute Gasteiger partial charge is 0.180 e. The van der Waals surface area contributed by atoms with Gasteiger partial charge in [0, 0.05) is 0 Å². The Morgan fingerprint density at radius 1 is 1.46 bits per heavy atom. The lowest BCUT2D eigenvalue weighted by molar-refractivity contribution is 0.987. The van der Waals surface area contributed by atoms with Crippen molar-refractivity contribution in [2.75, 3.05) is 6.26 Å². The lowest BCUT2D eigenvalue weighted by Gasteiger charge is -1.98. The molecule has 2 rings (SSSR count). The van der Waals surface area contributed by atoms with Crippen molar-refractivity contribution in [3.05, 3.63) is 23.4 Å². The van der Waals surface area contributed by atoms with Gasteiger partial charge < -0.3 is 0 Å². The molecule has 0 amide bonds. The maximum absolute atomic E-state index is 5.95. The van der Waals surface area contributed by atoms with E-state index in [2.05, 4.69) is 15.2 Å². The van der Waals surface area contributed by atoms with Gasteiger partial charge in [0.1, 0.15) is 11.0 Å². The molecule has 0 saturated heterocycles. The van der Waals surface area contributed by atoms with Crippen LogP contribution in [0, 0.1) is 0 Å². The van der Waals surface area contributed by atoms with Crippen molar-refractivity contribution in [3.8, 4) is 0 Å². The van der Waals surface area contributed by atoms with Crippen molar-refractivity contribution in [1.82, 2.24) is 19.6 Å². The molecule has 2 heterocycles. The number of hydrogen-bond donors (Lipinski definition) is 0. The van der Waals surface area contributed by atoms with Gasteiger partial charge in [-0.2, -0.15) is 11.8 Å². The Labute approximate surface area is 84.3 Å². The molecule has 13 heavy (non-hydrogen) atoms. The van der Waals surface area contributed by atoms with E-state index in [1.54, 1.807) is 28.6 Å². The third-order valence-electron chi connectivity index (χ3n) is 1.61. The molecule has 0 aromatic carbocycles. The van der Waals surface area contributed by atoms with Gasteiger partial charge in [-0.25, -0.2) is 0 Å². The monoisotopic (exact) mass is 214 g/mol. The minimum absolute atomic E-state index is 0.548. The highest BCUT2D eigenvalue weighted by Crippen LogP contribution is 2.14. The summed E-state index contributed by atoms with van der Waals surface area (Å²) in [5, 5.41) is 8.51. The third-order valence-corrected chi connectivity index (χ3v) is 2.43. The average molecular weight is 215 g/mol. The molecule has 0 saturated carbocycles.